The highest BCUT2D eigenvalue weighted by Crippen LogP contribution is 2.45. The molecule has 0 amide bonds. The van der Waals surface area contributed by atoms with Crippen molar-refractivity contribution in [3.05, 3.63) is 230 Å². The van der Waals surface area contributed by atoms with E-state index in [1.165, 1.54) is 82.3 Å². The zero-order valence-corrected chi connectivity index (χ0v) is 35.1. The molecule has 0 N–H and O–H groups in total. The van der Waals surface area contributed by atoms with Gasteiger partial charge in [0.15, 0.2) is 0 Å². The third-order valence-electron chi connectivity index (χ3n) is 13.5. The minimum Gasteiger partial charge on any atom is -0.455 e. The molecular weight excluding hydrogens is 775 g/mol. The van der Waals surface area contributed by atoms with E-state index in [0.29, 0.717) is 0 Å². The molecule has 0 fully saturated rings. The molecular formula is C62H41NO. The molecule has 0 aliphatic heterocycles. The van der Waals surface area contributed by atoms with E-state index in [1.807, 2.05) is 0 Å². The van der Waals surface area contributed by atoms with E-state index in [0.717, 1.165) is 57.2 Å². The standard InChI is InChI=1S/C62H41NO/c1-3-16-40(17-4-1)43-20-13-21-44(38-43)47-27-14-29-54-55-30-15-28-48(62(55)64-61(47)54)45-34-37-58-56(39-45)49-22-11-12-31-57(49)63(58)46-35-32-42(33-36-46)60-52-25-9-7-23-50(52)59(41-18-5-2-6-19-41)51-24-8-10-26-53(51)60/h1-3,5-16,18-39H,4,17H2. The zero-order valence-electron chi connectivity index (χ0n) is 35.1. The van der Waals surface area contributed by atoms with Crippen molar-refractivity contribution in [3.8, 4) is 50.2 Å². The van der Waals surface area contributed by atoms with E-state index in [1.54, 1.807) is 0 Å². The van der Waals surface area contributed by atoms with Crippen LogP contribution >= 0.6 is 0 Å². The van der Waals surface area contributed by atoms with Gasteiger partial charge in [-0.1, -0.05) is 188 Å². The molecule has 0 bridgehead atoms. The minimum atomic E-state index is 0.914. The number of aromatic nitrogens is 1. The number of furan rings is 1. The Labute approximate surface area is 371 Å². The Balaban J connectivity index is 0.925. The maximum absolute atomic E-state index is 6.98. The molecule has 0 saturated heterocycles. The van der Waals surface area contributed by atoms with Crippen LogP contribution < -0.4 is 0 Å². The lowest BCUT2D eigenvalue weighted by Gasteiger charge is -2.18. The molecule has 13 rings (SSSR count). The molecule has 10 aromatic carbocycles. The van der Waals surface area contributed by atoms with Crippen LogP contribution in [0.25, 0.3) is 121 Å². The fourth-order valence-electron chi connectivity index (χ4n) is 10.6. The molecule has 2 aromatic heterocycles. The average Bonchev–Trinajstić information content (AvgIpc) is 3.92. The van der Waals surface area contributed by atoms with Crippen molar-refractivity contribution in [2.45, 2.75) is 12.8 Å². The molecule has 1 aliphatic rings. The Morgan fingerprint density at radius 3 is 1.50 bits per heavy atom. The quantitative estimate of drug-likeness (QED) is 0.153. The summed E-state index contributed by atoms with van der Waals surface area (Å²) in [6.45, 7) is 0. The van der Waals surface area contributed by atoms with Crippen molar-refractivity contribution in [2.24, 2.45) is 0 Å². The number of benzene rings is 10. The van der Waals surface area contributed by atoms with Crippen LogP contribution in [-0.2, 0) is 0 Å². The van der Waals surface area contributed by atoms with Gasteiger partial charge < -0.3 is 8.98 Å². The first-order valence-electron chi connectivity index (χ1n) is 22.3. The van der Waals surface area contributed by atoms with Crippen LogP contribution in [0.1, 0.15) is 18.4 Å². The summed E-state index contributed by atoms with van der Waals surface area (Å²) in [4.78, 5) is 0. The summed E-state index contributed by atoms with van der Waals surface area (Å²) in [7, 11) is 0. The van der Waals surface area contributed by atoms with Crippen LogP contribution in [0.15, 0.2) is 229 Å². The summed E-state index contributed by atoms with van der Waals surface area (Å²) >= 11 is 0. The van der Waals surface area contributed by atoms with Gasteiger partial charge in [0, 0.05) is 38.4 Å². The van der Waals surface area contributed by atoms with Crippen molar-refractivity contribution in [1.29, 1.82) is 0 Å². The molecule has 0 atom stereocenters. The van der Waals surface area contributed by atoms with Crippen molar-refractivity contribution < 1.29 is 4.42 Å². The van der Waals surface area contributed by atoms with Gasteiger partial charge in [-0.2, -0.15) is 0 Å². The highest BCUT2D eigenvalue weighted by atomic mass is 16.3. The van der Waals surface area contributed by atoms with Gasteiger partial charge in [0.1, 0.15) is 11.2 Å². The normalized spacial score (nSPS) is 12.9. The van der Waals surface area contributed by atoms with Gasteiger partial charge >= 0.3 is 0 Å². The Bertz CT molecular complexity index is 3820. The first-order valence-corrected chi connectivity index (χ1v) is 22.3. The van der Waals surface area contributed by atoms with Gasteiger partial charge in [-0.25, -0.2) is 0 Å². The number of rotatable bonds is 6. The molecule has 2 nitrogen and oxygen atoms in total. The molecule has 12 aromatic rings. The second kappa shape index (κ2) is 14.7. The predicted octanol–water partition coefficient (Wildman–Crippen LogP) is 17.4. The van der Waals surface area contributed by atoms with Gasteiger partial charge in [-0.3, -0.25) is 0 Å². The summed E-state index contributed by atoms with van der Waals surface area (Å²) < 4.78 is 9.39. The van der Waals surface area contributed by atoms with Crippen LogP contribution in [0.3, 0.4) is 0 Å². The second-order valence-electron chi connectivity index (χ2n) is 17.0. The maximum Gasteiger partial charge on any atom is 0.143 e. The summed E-state index contributed by atoms with van der Waals surface area (Å²) in [6.07, 6.45) is 8.81. The summed E-state index contributed by atoms with van der Waals surface area (Å²) in [5.41, 5.74) is 17.5. The van der Waals surface area contributed by atoms with Gasteiger partial charge in [0.05, 0.1) is 11.0 Å². The van der Waals surface area contributed by atoms with Crippen molar-refractivity contribution in [1.82, 2.24) is 4.57 Å². The molecule has 2 heterocycles. The first kappa shape index (κ1) is 36.5. The van der Waals surface area contributed by atoms with Crippen molar-refractivity contribution >= 4 is 70.9 Å². The lowest BCUT2D eigenvalue weighted by Crippen LogP contribution is -1.94. The van der Waals surface area contributed by atoms with Gasteiger partial charge in [0.2, 0.25) is 0 Å². The largest absolute Gasteiger partial charge is 0.455 e. The van der Waals surface area contributed by atoms with E-state index < -0.39 is 0 Å². The lowest BCUT2D eigenvalue weighted by molar-refractivity contribution is 0.671. The highest BCUT2D eigenvalue weighted by Gasteiger charge is 2.20. The molecule has 0 radical (unpaired) electrons. The van der Waals surface area contributed by atoms with E-state index in [9.17, 15) is 0 Å². The van der Waals surface area contributed by atoms with E-state index >= 15 is 0 Å². The van der Waals surface area contributed by atoms with Crippen LogP contribution in [0, 0.1) is 0 Å². The summed E-state index contributed by atoms with van der Waals surface area (Å²) in [5.74, 6) is 0. The Morgan fingerprint density at radius 1 is 0.359 bits per heavy atom. The number of hydrogen-bond acceptors (Lipinski definition) is 1. The monoisotopic (exact) mass is 815 g/mol. The fraction of sp³-hybridized carbons (Fsp3) is 0.0323. The van der Waals surface area contributed by atoms with Crippen LogP contribution in [-0.4, -0.2) is 4.57 Å². The predicted molar refractivity (Wildman–Crippen MR) is 271 cm³/mol. The Morgan fingerprint density at radius 2 is 0.859 bits per heavy atom. The molecule has 2 heteroatoms. The Hall–Kier alpha value is -8.20. The SMILES string of the molecule is C1=CCCC(c2cccc(-c3cccc4c3oc3c(-c5ccc6c(c5)c5ccccc5n6-c5ccc(-c6c7ccccc7c(-c7ccccc7)c7ccccc67)cc5)cccc34)c2)=C1. The molecule has 1 aliphatic carbocycles. The van der Waals surface area contributed by atoms with Gasteiger partial charge in [0.25, 0.3) is 0 Å². The van der Waals surface area contributed by atoms with E-state index in [-0.39, 0.29) is 0 Å². The lowest BCUT2D eigenvalue weighted by atomic mass is 9.86. The zero-order chi connectivity index (χ0) is 42.1. The average molecular weight is 816 g/mol. The van der Waals surface area contributed by atoms with Crippen LogP contribution in [0.4, 0.5) is 0 Å². The molecule has 0 unspecified atom stereocenters. The summed E-state index contributed by atoms with van der Waals surface area (Å²) in [5, 5.41) is 9.73. The molecule has 64 heavy (non-hydrogen) atoms. The summed E-state index contributed by atoms with van der Waals surface area (Å²) in [6, 6.07) is 75.4. The number of nitrogens with zero attached hydrogens (tertiary/aromatic N) is 1. The van der Waals surface area contributed by atoms with Gasteiger partial charge in [-0.15, -0.1) is 0 Å². The smallest absolute Gasteiger partial charge is 0.143 e. The molecule has 0 spiro atoms. The van der Waals surface area contributed by atoms with E-state index in [4.69, 9.17) is 4.42 Å². The van der Waals surface area contributed by atoms with Crippen molar-refractivity contribution in [2.75, 3.05) is 0 Å². The third kappa shape index (κ3) is 5.73. The Kier molecular flexibility index (Phi) is 8.39. The number of hydrogen-bond donors (Lipinski definition) is 0. The molecule has 0 saturated carbocycles. The highest BCUT2D eigenvalue weighted by molar-refractivity contribution is 6.21. The first-order chi connectivity index (χ1) is 31.8. The topological polar surface area (TPSA) is 18.1 Å². The van der Waals surface area contributed by atoms with Crippen LogP contribution in [0.2, 0.25) is 0 Å². The van der Waals surface area contributed by atoms with Crippen LogP contribution in [0.5, 0.6) is 0 Å². The second-order valence-corrected chi connectivity index (χ2v) is 17.0. The maximum atomic E-state index is 6.98. The number of allylic oxidation sites excluding steroid dienone is 4. The van der Waals surface area contributed by atoms with Crippen molar-refractivity contribution in [3.63, 3.8) is 0 Å². The number of para-hydroxylation sites is 3. The van der Waals surface area contributed by atoms with Gasteiger partial charge in [-0.05, 0) is 115 Å². The molecule has 300 valence electrons. The third-order valence-corrected chi connectivity index (χ3v) is 13.5. The fourth-order valence-corrected chi connectivity index (χ4v) is 10.6. The van der Waals surface area contributed by atoms with E-state index in [2.05, 4.69) is 229 Å². The minimum absolute atomic E-state index is 0.914. The number of fused-ring (bicyclic) bond motifs is 8.